The molecule has 156 valence electrons. The van der Waals surface area contributed by atoms with E-state index in [1.807, 2.05) is 42.5 Å². The summed E-state index contributed by atoms with van der Waals surface area (Å²) in [6.07, 6.45) is 1.39. The van der Waals surface area contributed by atoms with E-state index in [1.165, 1.54) is 7.11 Å². The second kappa shape index (κ2) is 10.4. The lowest BCUT2D eigenvalue weighted by Crippen LogP contribution is -2.20. The fourth-order valence-corrected chi connectivity index (χ4v) is 2.82. The van der Waals surface area contributed by atoms with Crippen molar-refractivity contribution < 1.29 is 23.8 Å². The van der Waals surface area contributed by atoms with E-state index in [4.69, 9.17) is 9.47 Å². The second-order valence-electron chi connectivity index (χ2n) is 6.19. The van der Waals surface area contributed by atoms with E-state index < -0.39 is 12.1 Å². The van der Waals surface area contributed by atoms with Crippen LogP contribution in [-0.4, -0.2) is 35.6 Å². The van der Waals surface area contributed by atoms with Crippen LogP contribution in [0, 0.1) is 0 Å². The van der Waals surface area contributed by atoms with Gasteiger partial charge in [-0.1, -0.05) is 46.3 Å². The van der Waals surface area contributed by atoms with Crippen LogP contribution in [-0.2, 0) is 22.5 Å². The number of carbonyl (C=O) groups is 2. The molecule has 1 N–H and O–H groups in total. The molecule has 0 atom stereocenters. The highest BCUT2D eigenvalue weighted by molar-refractivity contribution is 9.10. The Labute approximate surface area is 181 Å². The number of nitrogens with zero attached hydrogens (tertiary/aromatic N) is 2. The lowest BCUT2D eigenvalue weighted by atomic mass is 10.1. The normalized spacial score (nSPS) is 10.3. The van der Waals surface area contributed by atoms with Gasteiger partial charge in [0.25, 0.3) is 11.8 Å². The van der Waals surface area contributed by atoms with Crippen molar-refractivity contribution in [1.29, 1.82) is 0 Å². The molecule has 1 heterocycles. The minimum absolute atomic E-state index is 0.0492. The van der Waals surface area contributed by atoms with Crippen LogP contribution in [0.1, 0.15) is 5.56 Å². The second-order valence-corrected chi connectivity index (χ2v) is 7.11. The van der Waals surface area contributed by atoms with E-state index >= 15 is 0 Å². The molecule has 0 aliphatic carbocycles. The van der Waals surface area contributed by atoms with Gasteiger partial charge in [0.2, 0.25) is 0 Å². The van der Waals surface area contributed by atoms with E-state index in [0.717, 1.165) is 16.5 Å². The van der Waals surface area contributed by atoms with Gasteiger partial charge in [0.05, 0.1) is 13.3 Å². The lowest BCUT2D eigenvalue weighted by molar-refractivity contribution is -0.118. The molecule has 0 bridgehead atoms. The fourth-order valence-electron chi connectivity index (χ4n) is 2.55. The fraction of sp³-hybridized carbons (Fsp3) is 0.190. The molecule has 0 aliphatic heterocycles. The Balaban J connectivity index is 1.64. The number of ether oxygens (including phenoxy) is 3. The highest BCUT2D eigenvalue weighted by atomic mass is 79.9. The number of anilines is 1. The van der Waals surface area contributed by atoms with Crippen molar-refractivity contribution in [1.82, 2.24) is 9.78 Å². The van der Waals surface area contributed by atoms with Crippen LogP contribution in [0.3, 0.4) is 0 Å². The van der Waals surface area contributed by atoms with Crippen LogP contribution in [0.4, 0.5) is 10.5 Å². The van der Waals surface area contributed by atoms with Crippen molar-refractivity contribution >= 4 is 33.7 Å². The minimum Gasteiger partial charge on any atom is -0.484 e. The average molecular weight is 474 g/mol. The first-order chi connectivity index (χ1) is 14.5. The summed E-state index contributed by atoms with van der Waals surface area (Å²) in [6, 6.07) is 17.0. The highest BCUT2D eigenvalue weighted by Crippen LogP contribution is 2.23. The maximum absolute atomic E-state index is 12.3. The average Bonchev–Trinajstić information content (AvgIpc) is 3.13. The zero-order valence-electron chi connectivity index (χ0n) is 16.2. The first-order valence-electron chi connectivity index (χ1n) is 9.09. The third kappa shape index (κ3) is 6.35. The van der Waals surface area contributed by atoms with Gasteiger partial charge in [0.1, 0.15) is 11.4 Å². The van der Waals surface area contributed by atoms with E-state index in [9.17, 15) is 9.59 Å². The Bertz CT molecular complexity index is 990. The molecule has 8 nitrogen and oxygen atoms in total. The molecular weight excluding hydrogens is 454 g/mol. The molecule has 0 saturated heterocycles. The van der Waals surface area contributed by atoms with Gasteiger partial charge < -0.3 is 19.5 Å². The molecule has 0 unspecified atom stereocenters. The van der Waals surface area contributed by atoms with E-state index in [1.54, 1.807) is 23.0 Å². The molecule has 3 rings (SSSR count). The topological polar surface area (TPSA) is 91.7 Å². The molecule has 1 aromatic heterocycles. The zero-order chi connectivity index (χ0) is 21.3. The van der Waals surface area contributed by atoms with Crippen LogP contribution in [0.5, 0.6) is 11.6 Å². The number of methoxy groups -OCH3 is 1. The Hall–Kier alpha value is -3.33. The molecule has 30 heavy (non-hydrogen) atoms. The maximum atomic E-state index is 12.3. The highest BCUT2D eigenvalue weighted by Gasteiger charge is 2.17. The number of benzene rings is 2. The number of halogens is 1. The standard InChI is InChI=1S/C21H20BrN3O5/c1-28-21(27)30-20-18(13-25(24-20)12-11-15-5-3-2-4-6-15)23-19(26)14-29-17-9-7-16(22)8-10-17/h2-10,13H,11-12,14H2,1H3,(H,23,26). The SMILES string of the molecule is COC(=O)Oc1nn(CCc2ccccc2)cc1NC(=O)COc1ccc(Br)cc1. The Morgan fingerprint density at radius 3 is 2.53 bits per heavy atom. The molecule has 1 amide bonds. The summed E-state index contributed by atoms with van der Waals surface area (Å²) in [4.78, 5) is 23.8. The van der Waals surface area contributed by atoms with Crippen molar-refractivity contribution in [2.45, 2.75) is 13.0 Å². The van der Waals surface area contributed by atoms with Crippen LogP contribution >= 0.6 is 15.9 Å². The third-order valence-corrected chi connectivity index (χ3v) is 4.53. The van der Waals surface area contributed by atoms with E-state index in [2.05, 4.69) is 31.1 Å². The summed E-state index contributed by atoms with van der Waals surface area (Å²) in [6.45, 7) is 0.321. The largest absolute Gasteiger partial charge is 0.515 e. The summed E-state index contributed by atoms with van der Waals surface area (Å²) < 4.78 is 17.5. The third-order valence-electron chi connectivity index (χ3n) is 4.00. The lowest BCUT2D eigenvalue weighted by Gasteiger charge is -2.07. The molecule has 9 heteroatoms. The molecule has 0 aliphatic rings. The number of aromatic nitrogens is 2. The summed E-state index contributed by atoms with van der Waals surface area (Å²) in [5, 5.41) is 6.88. The molecule has 0 saturated carbocycles. The number of aryl methyl sites for hydroxylation is 2. The quantitative estimate of drug-likeness (QED) is 0.496. The number of hydrogen-bond donors (Lipinski definition) is 1. The molecule has 3 aromatic rings. The summed E-state index contributed by atoms with van der Waals surface area (Å²) in [5.41, 5.74) is 1.38. The molecular formula is C21H20BrN3O5. The number of nitrogens with one attached hydrogen (secondary N) is 1. The predicted octanol–water partition coefficient (Wildman–Crippen LogP) is 4.05. The number of hydrogen-bond acceptors (Lipinski definition) is 6. The van der Waals surface area contributed by atoms with Crippen molar-refractivity contribution in [3.63, 3.8) is 0 Å². The molecule has 0 radical (unpaired) electrons. The first kappa shape index (κ1) is 21.4. The van der Waals surface area contributed by atoms with Gasteiger partial charge in [-0.3, -0.25) is 9.48 Å². The van der Waals surface area contributed by atoms with Crippen LogP contribution < -0.4 is 14.8 Å². The van der Waals surface area contributed by atoms with Crippen LogP contribution in [0.15, 0.2) is 65.3 Å². The Morgan fingerprint density at radius 1 is 1.10 bits per heavy atom. The van der Waals surface area contributed by atoms with Gasteiger partial charge in [-0.2, -0.15) is 0 Å². The van der Waals surface area contributed by atoms with Gasteiger partial charge >= 0.3 is 6.16 Å². The predicted molar refractivity (Wildman–Crippen MR) is 114 cm³/mol. The van der Waals surface area contributed by atoms with Crippen molar-refractivity contribution in [2.75, 3.05) is 19.0 Å². The first-order valence-corrected chi connectivity index (χ1v) is 9.88. The Kier molecular flexibility index (Phi) is 7.45. The maximum Gasteiger partial charge on any atom is 0.515 e. The summed E-state index contributed by atoms with van der Waals surface area (Å²) >= 11 is 3.34. The van der Waals surface area contributed by atoms with Gasteiger partial charge in [0.15, 0.2) is 6.61 Å². The van der Waals surface area contributed by atoms with Crippen LogP contribution in [0.2, 0.25) is 0 Å². The van der Waals surface area contributed by atoms with Crippen LogP contribution in [0.25, 0.3) is 0 Å². The van der Waals surface area contributed by atoms with Crippen molar-refractivity contribution in [2.24, 2.45) is 0 Å². The van der Waals surface area contributed by atoms with Gasteiger partial charge in [-0.05, 0) is 36.2 Å². The number of rotatable bonds is 8. The number of carbonyl (C=O) groups excluding carboxylic acids is 2. The zero-order valence-corrected chi connectivity index (χ0v) is 17.8. The van der Waals surface area contributed by atoms with Gasteiger partial charge in [-0.25, -0.2) is 4.79 Å². The van der Waals surface area contributed by atoms with Gasteiger partial charge in [-0.15, -0.1) is 5.10 Å². The van der Waals surface area contributed by atoms with E-state index in [-0.39, 0.29) is 18.2 Å². The monoisotopic (exact) mass is 473 g/mol. The molecule has 2 aromatic carbocycles. The minimum atomic E-state index is -0.926. The summed E-state index contributed by atoms with van der Waals surface area (Å²) in [7, 11) is 1.19. The van der Waals surface area contributed by atoms with Crippen molar-refractivity contribution in [3.8, 4) is 11.6 Å². The molecule has 0 fully saturated rings. The smallest absolute Gasteiger partial charge is 0.484 e. The van der Waals surface area contributed by atoms with Crippen molar-refractivity contribution in [3.05, 3.63) is 70.8 Å². The summed E-state index contributed by atoms with van der Waals surface area (Å²) in [5.74, 6) is 0.0834. The van der Waals surface area contributed by atoms with E-state index in [0.29, 0.717) is 12.3 Å². The molecule has 0 spiro atoms. The Morgan fingerprint density at radius 2 is 1.83 bits per heavy atom. The van der Waals surface area contributed by atoms with Gasteiger partial charge in [0, 0.05) is 11.0 Å². The number of amides is 1.